The number of rotatable bonds is 3. The average molecular weight is 335 g/mol. The first-order valence-electron chi connectivity index (χ1n) is 8.60. The van der Waals surface area contributed by atoms with Crippen molar-refractivity contribution < 1.29 is 4.79 Å². The Balaban J connectivity index is 1.54. The summed E-state index contributed by atoms with van der Waals surface area (Å²) in [6.45, 7) is 3.48. The number of benzene rings is 1. The standard InChI is InChI=1S/C19H21N5O/c1-15-7-10-24(21-15)17-5-2-4-16(12-17)19(25)22-9-3-6-18(13-22)23-11-8-20-14-23/h2,4-5,7-8,10-12,14,18H,3,6,9,13H2,1H3/t18-/m0/s1. The predicted molar refractivity (Wildman–Crippen MR) is 94.7 cm³/mol. The van der Waals surface area contributed by atoms with E-state index in [2.05, 4.69) is 14.6 Å². The van der Waals surface area contributed by atoms with Gasteiger partial charge in [0.05, 0.1) is 23.8 Å². The van der Waals surface area contributed by atoms with E-state index in [4.69, 9.17) is 0 Å². The normalized spacial score (nSPS) is 17.6. The van der Waals surface area contributed by atoms with E-state index in [1.54, 1.807) is 10.9 Å². The molecule has 1 saturated heterocycles. The van der Waals surface area contributed by atoms with E-state index in [0.717, 1.165) is 37.3 Å². The average Bonchev–Trinajstić information content (AvgIpc) is 3.33. The van der Waals surface area contributed by atoms with E-state index in [1.807, 2.05) is 60.9 Å². The second kappa shape index (κ2) is 6.55. The molecule has 0 radical (unpaired) electrons. The number of imidazole rings is 1. The highest BCUT2D eigenvalue weighted by atomic mass is 16.2. The van der Waals surface area contributed by atoms with E-state index in [0.29, 0.717) is 11.6 Å². The Morgan fingerprint density at radius 2 is 2.16 bits per heavy atom. The molecule has 4 rings (SSSR count). The molecule has 0 aliphatic carbocycles. The van der Waals surface area contributed by atoms with Crippen molar-refractivity contribution in [3.8, 4) is 5.69 Å². The molecule has 1 amide bonds. The molecule has 0 spiro atoms. The Bertz CT molecular complexity index is 868. The maximum absolute atomic E-state index is 13.0. The minimum atomic E-state index is 0.0792. The van der Waals surface area contributed by atoms with Gasteiger partial charge in [0.2, 0.25) is 0 Å². The molecule has 1 fully saturated rings. The fourth-order valence-corrected chi connectivity index (χ4v) is 3.39. The number of aromatic nitrogens is 4. The van der Waals surface area contributed by atoms with Crippen LogP contribution in [0.2, 0.25) is 0 Å². The number of amides is 1. The lowest BCUT2D eigenvalue weighted by molar-refractivity contribution is 0.0679. The van der Waals surface area contributed by atoms with Crippen LogP contribution in [0.5, 0.6) is 0 Å². The van der Waals surface area contributed by atoms with Crippen molar-refractivity contribution in [2.75, 3.05) is 13.1 Å². The summed E-state index contributed by atoms with van der Waals surface area (Å²) in [5.41, 5.74) is 2.56. The second-order valence-corrected chi connectivity index (χ2v) is 6.51. The molecule has 0 bridgehead atoms. The van der Waals surface area contributed by atoms with E-state index >= 15 is 0 Å². The van der Waals surface area contributed by atoms with Crippen LogP contribution in [0.3, 0.4) is 0 Å². The molecular weight excluding hydrogens is 314 g/mol. The molecule has 1 aliphatic heterocycles. The summed E-state index contributed by atoms with van der Waals surface area (Å²) in [6.07, 6.45) is 9.59. The SMILES string of the molecule is Cc1ccn(-c2cccc(C(=O)N3CCC[C@H](n4ccnc4)C3)c2)n1. The van der Waals surface area contributed by atoms with Gasteiger partial charge < -0.3 is 9.47 Å². The lowest BCUT2D eigenvalue weighted by atomic mass is 10.0. The third kappa shape index (κ3) is 3.20. The summed E-state index contributed by atoms with van der Waals surface area (Å²) in [6, 6.07) is 9.93. The molecule has 1 aromatic carbocycles. The topological polar surface area (TPSA) is 56.0 Å². The van der Waals surface area contributed by atoms with Gasteiger partial charge >= 0.3 is 0 Å². The highest BCUT2D eigenvalue weighted by molar-refractivity contribution is 5.94. The largest absolute Gasteiger partial charge is 0.337 e. The summed E-state index contributed by atoms with van der Waals surface area (Å²) < 4.78 is 3.90. The van der Waals surface area contributed by atoms with Gasteiger partial charge in [-0.15, -0.1) is 0 Å². The Morgan fingerprint density at radius 3 is 2.92 bits per heavy atom. The Kier molecular flexibility index (Phi) is 4.09. The predicted octanol–water partition coefficient (Wildman–Crippen LogP) is 2.85. The van der Waals surface area contributed by atoms with Crippen molar-refractivity contribution in [1.29, 1.82) is 0 Å². The fourth-order valence-electron chi connectivity index (χ4n) is 3.39. The van der Waals surface area contributed by atoms with Crippen molar-refractivity contribution in [3.05, 3.63) is 66.5 Å². The summed E-state index contributed by atoms with van der Waals surface area (Å²) >= 11 is 0. The summed E-state index contributed by atoms with van der Waals surface area (Å²) in [5, 5.41) is 4.42. The fraction of sp³-hybridized carbons (Fsp3) is 0.316. The van der Waals surface area contributed by atoms with Crippen molar-refractivity contribution in [2.24, 2.45) is 0 Å². The summed E-state index contributed by atoms with van der Waals surface area (Å²) in [7, 11) is 0. The van der Waals surface area contributed by atoms with Gasteiger partial charge in [0, 0.05) is 37.2 Å². The third-order valence-electron chi connectivity index (χ3n) is 4.71. The smallest absolute Gasteiger partial charge is 0.254 e. The zero-order valence-electron chi connectivity index (χ0n) is 14.2. The van der Waals surface area contributed by atoms with Gasteiger partial charge in [0.1, 0.15) is 0 Å². The molecule has 6 nitrogen and oxygen atoms in total. The van der Waals surface area contributed by atoms with Crippen LogP contribution in [0.25, 0.3) is 5.69 Å². The number of aryl methyl sites for hydroxylation is 1. The van der Waals surface area contributed by atoms with Crippen LogP contribution in [-0.2, 0) is 0 Å². The highest BCUT2D eigenvalue weighted by Gasteiger charge is 2.25. The van der Waals surface area contributed by atoms with Crippen LogP contribution in [-0.4, -0.2) is 43.2 Å². The molecule has 1 aliphatic rings. The Labute approximate surface area is 146 Å². The number of carbonyl (C=O) groups is 1. The minimum absolute atomic E-state index is 0.0792. The Hall–Kier alpha value is -2.89. The maximum atomic E-state index is 13.0. The first-order valence-corrected chi connectivity index (χ1v) is 8.60. The van der Waals surface area contributed by atoms with Crippen LogP contribution < -0.4 is 0 Å². The molecule has 3 aromatic rings. The molecule has 0 saturated carbocycles. The number of carbonyl (C=O) groups excluding carboxylic acids is 1. The molecule has 128 valence electrons. The molecule has 2 aromatic heterocycles. The van der Waals surface area contributed by atoms with Crippen molar-refractivity contribution in [3.63, 3.8) is 0 Å². The number of nitrogens with zero attached hydrogens (tertiary/aromatic N) is 5. The van der Waals surface area contributed by atoms with Crippen LogP contribution in [0.15, 0.2) is 55.2 Å². The monoisotopic (exact) mass is 335 g/mol. The number of hydrogen-bond donors (Lipinski definition) is 0. The van der Waals surface area contributed by atoms with E-state index in [1.165, 1.54) is 0 Å². The van der Waals surface area contributed by atoms with Crippen LogP contribution in [0.1, 0.15) is 34.9 Å². The summed E-state index contributed by atoms with van der Waals surface area (Å²) in [4.78, 5) is 19.0. The molecule has 3 heterocycles. The summed E-state index contributed by atoms with van der Waals surface area (Å²) in [5.74, 6) is 0.0792. The van der Waals surface area contributed by atoms with Gasteiger partial charge in [-0.3, -0.25) is 4.79 Å². The minimum Gasteiger partial charge on any atom is -0.337 e. The Morgan fingerprint density at radius 1 is 1.24 bits per heavy atom. The van der Waals surface area contributed by atoms with Gasteiger partial charge in [-0.25, -0.2) is 9.67 Å². The van der Waals surface area contributed by atoms with Crippen molar-refractivity contribution in [2.45, 2.75) is 25.8 Å². The lowest BCUT2D eigenvalue weighted by Gasteiger charge is -2.33. The van der Waals surface area contributed by atoms with E-state index in [-0.39, 0.29) is 5.91 Å². The lowest BCUT2D eigenvalue weighted by Crippen LogP contribution is -2.40. The number of hydrogen-bond acceptors (Lipinski definition) is 3. The molecule has 0 N–H and O–H groups in total. The maximum Gasteiger partial charge on any atom is 0.254 e. The van der Waals surface area contributed by atoms with Crippen LogP contribution >= 0.6 is 0 Å². The first kappa shape index (κ1) is 15.6. The zero-order valence-corrected chi connectivity index (χ0v) is 14.2. The molecule has 0 unspecified atom stereocenters. The number of likely N-dealkylation sites (tertiary alicyclic amines) is 1. The van der Waals surface area contributed by atoms with Gasteiger partial charge in [-0.05, 0) is 44.0 Å². The molecular formula is C19H21N5O. The quantitative estimate of drug-likeness (QED) is 0.739. The zero-order chi connectivity index (χ0) is 17.2. The van der Waals surface area contributed by atoms with E-state index < -0.39 is 0 Å². The van der Waals surface area contributed by atoms with Gasteiger partial charge in [0.15, 0.2) is 0 Å². The second-order valence-electron chi connectivity index (χ2n) is 6.51. The first-order chi connectivity index (χ1) is 12.2. The van der Waals surface area contributed by atoms with Crippen LogP contribution in [0.4, 0.5) is 0 Å². The van der Waals surface area contributed by atoms with Gasteiger partial charge in [-0.2, -0.15) is 5.10 Å². The third-order valence-corrected chi connectivity index (χ3v) is 4.71. The van der Waals surface area contributed by atoms with E-state index in [9.17, 15) is 4.79 Å². The van der Waals surface area contributed by atoms with Crippen molar-refractivity contribution in [1.82, 2.24) is 24.2 Å². The molecule has 25 heavy (non-hydrogen) atoms. The van der Waals surface area contributed by atoms with Crippen LogP contribution in [0, 0.1) is 6.92 Å². The molecule has 6 heteroatoms. The van der Waals surface area contributed by atoms with Crippen molar-refractivity contribution >= 4 is 5.91 Å². The van der Waals surface area contributed by atoms with Gasteiger partial charge in [-0.1, -0.05) is 6.07 Å². The molecule has 1 atom stereocenters. The van der Waals surface area contributed by atoms with Gasteiger partial charge in [0.25, 0.3) is 5.91 Å². The number of piperidine rings is 1. The highest BCUT2D eigenvalue weighted by Crippen LogP contribution is 2.23.